The van der Waals surface area contributed by atoms with E-state index in [1.807, 2.05) is 31.2 Å². The number of benzene rings is 1. The first-order valence-corrected chi connectivity index (χ1v) is 8.17. The highest BCUT2D eigenvalue weighted by molar-refractivity contribution is 5.83. The summed E-state index contributed by atoms with van der Waals surface area (Å²) in [5, 5.41) is 0. The Labute approximate surface area is 132 Å². The Morgan fingerprint density at radius 3 is 2.50 bits per heavy atom. The van der Waals surface area contributed by atoms with Crippen LogP contribution in [0, 0.1) is 0 Å². The monoisotopic (exact) mass is 306 g/mol. The van der Waals surface area contributed by atoms with Gasteiger partial charge in [0.2, 0.25) is 0 Å². The van der Waals surface area contributed by atoms with Crippen LogP contribution >= 0.6 is 0 Å². The van der Waals surface area contributed by atoms with Gasteiger partial charge in [-0.3, -0.25) is 0 Å². The number of hydrogen-bond acceptors (Lipinski definition) is 4. The molecule has 22 heavy (non-hydrogen) atoms. The molecule has 0 N–H and O–H groups in total. The van der Waals surface area contributed by atoms with Gasteiger partial charge in [-0.05, 0) is 30.5 Å². The highest BCUT2D eigenvalue weighted by Crippen LogP contribution is 2.52. The number of ether oxygens (including phenoxy) is 3. The van der Waals surface area contributed by atoms with Crippen molar-refractivity contribution >= 4 is 5.97 Å². The second kappa shape index (κ2) is 7.63. The van der Waals surface area contributed by atoms with Gasteiger partial charge in [0, 0.05) is 0 Å². The van der Waals surface area contributed by atoms with Crippen LogP contribution in [0.1, 0.15) is 57.6 Å². The van der Waals surface area contributed by atoms with E-state index in [1.165, 1.54) is 12.8 Å². The van der Waals surface area contributed by atoms with E-state index in [4.69, 9.17) is 14.2 Å². The van der Waals surface area contributed by atoms with Gasteiger partial charge in [0.25, 0.3) is 0 Å². The van der Waals surface area contributed by atoms with Crippen molar-refractivity contribution < 1.29 is 19.0 Å². The molecule has 0 amide bonds. The fraction of sp³-hybridized carbons (Fsp3) is 0.611. The van der Waals surface area contributed by atoms with Gasteiger partial charge < -0.3 is 14.2 Å². The molecule has 0 spiro atoms. The van der Waals surface area contributed by atoms with Crippen LogP contribution < -0.4 is 4.74 Å². The zero-order chi connectivity index (χ0) is 16.0. The van der Waals surface area contributed by atoms with E-state index < -0.39 is 5.60 Å². The maximum atomic E-state index is 12.3. The summed E-state index contributed by atoms with van der Waals surface area (Å²) in [5.74, 6) is 0.567. The molecule has 1 aromatic carbocycles. The fourth-order valence-electron chi connectivity index (χ4n) is 2.68. The predicted octanol–water partition coefficient (Wildman–Crippen LogP) is 4.04. The Hall–Kier alpha value is -1.55. The van der Waals surface area contributed by atoms with Crippen molar-refractivity contribution in [3.8, 4) is 5.75 Å². The summed E-state index contributed by atoms with van der Waals surface area (Å²) in [6, 6.07) is 7.64. The highest BCUT2D eigenvalue weighted by atomic mass is 16.7. The molecule has 2 atom stereocenters. The van der Waals surface area contributed by atoms with Crippen LogP contribution in [0.25, 0.3) is 0 Å². The molecule has 0 bridgehead atoms. The molecule has 4 heteroatoms. The van der Waals surface area contributed by atoms with Crippen LogP contribution in [0.2, 0.25) is 0 Å². The third kappa shape index (κ3) is 3.61. The van der Waals surface area contributed by atoms with E-state index in [2.05, 4.69) is 6.92 Å². The third-order valence-electron chi connectivity index (χ3n) is 4.21. The normalized spacial score (nSPS) is 23.1. The Kier molecular flexibility index (Phi) is 5.83. The molecule has 1 fully saturated rings. The van der Waals surface area contributed by atoms with Crippen molar-refractivity contribution in [2.45, 2.75) is 57.7 Å². The first-order valence-electron chi connectivity index (χ1n) is 8.17. The van der Waals surface area contributed by atoms with Gasteiger partial charge in [0.05, 0.1) is 13.7 Å². The lowest BCUT2D eigenvalue weighted by molar-refractivity contribution is -0.150. The number of carbonyl (C=O) groups excluding carboxylic acids is 1. The van der Waals surface area contributed by atoms with E-state index in [1.54, 1.807) is 7.11 Å². The number of methoxy groups -OCH3 is 1. The summed E-state index contributed by atoms with van der Waals surface area (Å²) in [5.41, 5.74) is 0.199. The summed E-state index contributed by atoms with van der Waals surface area (Å²) in [6.45, 7) is 4.61. The van der Waals surface area contributed by atoms with Crippen molar-refractivity contribution in [2.24, 2.45) is 0 Å². The average Bonchev–Trinajstić information content (AvgIpc) is 3.31. The quantitative estimate of drug-likeness (QED) is 0.392. The molecular formula is C18H26O4. The largest absolute Gasteiger partial charge is 0.497 e. The number of epoxide rings is 1. The maximum absolute atomic E-state index is 12.3. The first-order chi connectivity index (χ1) is 10.7. The Morgan fingerprint density at radius 1 is 1.18 bits per heavy atom. The average molecular weight is 306 g/mol. The van der Waals surface area contributed by atoms with Crippen molar-refractivity contribution in [3.63, 3.8) is 0 Å². The zero-order valence-corrected chi connectivity index (χ0v) is 13.8. The van der Waals surface area contributed by atoms with Crippen molar-refractivity contribution in [1.82, 2.24) is 0 Å². The summed E-state index contributed by atoms with van der Waals surface area (Å²) in [6.07, 6.45) is 4.80. The van der Waals surface area contributed by atoms with Gasteiger partial charge in [-0.15, -0.1) is 0 Å². The molecule has 2 rings (SSSR count). The summed E-state index contributed by atoms with van der Waals surface area (Å²) >= 11 is 0. The van der Waals surface area contributed by atoms with E-state index in [0.717, 1.165) is 24.2 Å². The Balaban J connectivity index is 1.89. The van der Waals surface area contributed by atoms with Crippen LogP contribution in [-0.4, -0.2) is 25.3 Å². The van der Waals surface area contributed by atoms with E-state index in [-0.39, 0.29) is 12.1 Å². The standard InChI is InChI=1S/C18H26O4/c1-4-6-7-8-13-21-17(19)18(5-2)16(22-18)14-9-11-15(20-3)12-10-14/h9-12,16H,4-8,13H2,1-3H3. The Bertz CT molecular complexity index is 482. The minimum atomic E-state index is -0.792. The van der Waals surface area contributed by atoms with Gasteiger partial charge in [0.1, 0.15) is 11.9 Å². The molecule has 1 aliphatic heterocycles. The van der Waals surface area contributed by atoms with Gasteiger partial charge in [-0.2, -0.15) is 0 Å². The van der Waals surface area contributed by atoms with E-state index in [0.29, 0.717) is 13.0 Å². The Morgan fingerprint density at radius 2 is 1.91 bits per heavy atom. The molecule has 0 saturated carbocycles. The molecule has 1 saturated heterocycles. The van der Waals surface area contributed by atoms with Gasteiger partial charge in [0.15, 0.2) is 5.60 Å². The predicted molar refractivity (Wildman–Crippen MR) is 84.9 cm³/mol. The number of esters is 1. The molecule has 4 nitrogen and oxygen atoms in total. The molecular weight excluding hydrogens is 280 g/mol. The second-order valence-electron chi connectivity index (χ2n) is 5.71. The van der Waals surface area contributed by atoms with Gasteiger partial charge in [-0.1, -0.05) is 45.2 Å². The van der Waals surface area contributed by atoms with Crippen LogP contribution in [0.4, 0.5) is 0 Å². The summed E-state index contributed by atoms with van der Waals surface area (Å²) < 4.78 is 16.3. The topological polar surface area (TPSA) is 48.1 Å². The number of rotatable bonds is 9. The molecule has 0 aliphatic carbocycles. The minimum absolute atomic E-state index is 0.202. The zero-order valence-electron chi connectivity index (χ0n) is 13.8. The van der Waals surface area contributed by atoms with Crippen LogP contribution in [0.15, 0.2) is 24.3 Å². The molecule has 1 aliphatic rings. The molecule has 122 valence electrons. The lowest BCUT2D eigenvalue weighted by Crippen LogP contribution is -2.27. The van der Waals surface area contributed by atoms with Crippen LogP contribution in [0.3, 0.4) is 0 Å². The smallest absolute Gasteiger partial charge is 0.341 e. The summed E-state index contributed by atoms with van der Waals surface area (Å²) in [7, 11) is 1.63. The number of carbonyl (C=O) groups is 1. The SMILES string of the molecule is CCCCCCOC(=O)C1(CC)OC1c1ccc(OC)cc1. The van der Waals surface area contributed by atoms with Crippen molar-refractivity contribution in [1.29, 1.82) is 0 Å². The second-order valence-corrected chi connectivity index (χ2v) is 5.71. The number of hydrogen-bond donors (Lipinski definition) is 0. The van der Waals surface area contributed by atoms with Crippen LogP contribution in [-0.2, 0) is 14.3 Å². The first kappa shape index (κ1) is 16.8. The third-order valence-corrected chi connectivity index (χ3v) is 4.21. The van der Waals surface area contributed by atoms with Gasteiger partial charge in [-0.25, -0.2) is 4.79 Å². The van der Waals surface area contributed by atoms with Crippen LogP contribution in [0.5, 0.6) is 5.75 Å². The fourth-order valence-corrected chi connectivity index (χ4v) is 2.68. The molecule has 1 aromatic rings. The summed E-state index contributed by atoms with van der Waals surface area (Å²) in [4.78, 5) is 12.3. The molecule has 0 radical (unpaired) electrons. The molecule has 2 unspecified atom stereocenters. The van der Waals surface area contributed by atoms with Crippen molar-refractivity contribution in [3.05, 3.63) is 29.8 Å². The molecule has 0 aromatic heterocycles. The van der Waals surface area contributed by atoms with E-state index in [9.17, 15) is 4.79 Å². The van der Waals surface area contributed by atoms with E-state index >= 15 is 0 Å². The number of unbranched alkanes of at least 4 members (excludes halogenated alkanes) is 3. The molecule has 1 heterocycles. The maximum Gasteiger partial charge on any atom is 0.341 e. The lowest BCUT2D eigenvalue weighted by Gasteiger charge is -2.11. The highest BCUT2D eigenvalue weighted by Gasteiger charge is 2.63. The lowest BCUT2D eigenvalue weighted by atomic mass is 9.97. The van der Waals surface area contributed by atoms with Gasteiger partial charge >= 0.3 is 5.97 Å². The minimum Gasteiger partial charge on any atom is -0.497 e. The van der Waals surface area contributed by atoms with Crippen molar-refractivity contribution in [2.75, 3.05) is 13.7 Å².